The van der Waals surface area contributed by atoms with Gasteiger partial charge in [-0.15, -0.1) is 0 Å². The van der Waals surface area contributed by atoms with Crippen molar-refractivity contribution in [2.24, 2.45) is 0 Å². The quantitative estimate of drug-likeness (QED) is 0.427. The molecule has 0 aliphatic carbocycles. The number of ether oxygens (including phenoxy) is 1. The van der Waals surface area contributed by atoms with Gasteiger partial charge in [0, 0.05) is 22.0 Å². The van der Waals surface area contributed by atoms with Crippen LogP contribution >= 0.6 is 27.5 Å². The molecule has 0 saturated carbocycles. The van der Waals surface area contributed by atoms with Gasteiger partial charge < -0.3 is 4.74 Å². The van der Waals surface area contributed by atoms with E-state index in [4.69, 9.17) is 16.3 Å². The first-order valence-corrected chi connectivity index (χ1v) is 7.28. The molecule has 0 aliphatic rings. The topological polar surface area (TPSA) is 52.4 Å². The van der Waals surface area contributed by atoms with E-state index in [1.807, 2.05) is 13.0 Å². The van der Waals surface area contributed by atoms with Crippen molar-refractivity contribution in [1.82, 2.24) is 0 Å². The minimum Gasteiger partial charge on any atom is -0.457 e. The molecule has 0 aliphatic heterocycles. The predicted molar refractivity (Wildman–Crippen MR) is 82.0 cm³/mol. The maximum absolute atomic E-state index is 10.9. The Morgan fingerprint density at radius 1 is 1.30 bits per heavy atom. The molecular weight excluding hydrogens is 346 g/mol. The molecule has 6 heteroatoms. The van der Waals surface area contributed by atoms with Gasteiger partial charge in [0.15, 0.2) is 0 Å². The second-order valence-corrected chi connectivity index (χ2v) is 5.19. The van der Waals surface area contributed by atoms with Crippen molar-refractivity contribution >= 4 is 33.2 Å². The van der Waals surface area contributed by atoms with E-state index in [1.165, 1.54) is 6.07 Å². The lowest BCUT2D eigenvalue weighted by Gasteiger charge is -2.10. The van der Waals surface area contributed by atoms with Crippen molar-refractivity contribution in [3.63, 3.8) is 0 Å². The smallest absolute Gasteiger partial charge is 0.273 e. The number of nitro groups is 1. The third-order valence-corrected chi connectivity index (χ3v) is 3.61. The van der Waals surface area contributed by atoms with Crippen molar-refractivity contribution in [3.05, 3.63) is 62.7 Å². The average molecular weight is 357 g/mol. The molecule has 0 bridgehead atoms. The second kappa shape index (κ2) is 6.24. The summed E-state index contributed by atoms with van der Waals surface area (Å²) in [6.07, 6.45) is 0. The standard InChI is InChI=1S/C14H11BrClNO3/c1-9-2-3-11(16)7-14(9)20-12-4-5-13(17(18)19)10(6-12)8-15/h2-7H,8H2,1H3. The minimum atomic E-state index is -0.412. The molecule has 0 aromatic heterocycles. The lowest BCUT2D eigenvalue weighted by molar-refractivity contribution is -0.385. The monoisotopic (exact) mass is 355 g/mol. The molecule has 2 rings (SSSR count). The van der Waals surface area contributed by atoms with Crippen LogP contribution in [0.3, 0.4) is 0 Å². The van der Waals surface area contributed by atoms with E-state index in [2.05, 4.69) is 15.9 Å². The number of hydrogen-bond acceptors (Lipinski definition) is 3. The summed E-state index contributed by atoms with van der Waals surface area (Å²) >= 11 is 9.17. The first-order chi connectivity index (χ1) is 9.51. The summed E-state index contributed by atoms with van der Waals surface area (Å²) in [6, 6.07) is 10.0. The van der Waals surface area contributed by atoms with Crippen LogP contribution < -0.4 is 4.74 Å². The summed E-state index contributed by atoms with van der Waals surface area (Å²) in [7, 11) is 0. The highest BCUT2D eigenvalue weighted by Crippen LogP contribution is 2.31. The molecule has 0 heterocycles. The lowest BCUT2D eigenvalue weighted by atomic mass is 10.2. The first-order valence-electron chi connectivity index (χ1n) is 5.78. The average Bonchev–Trinajstić information content (AvgIpc) is 2.42. The Kier molecular flexibility index (Phi) is 4.62. The highest BCUT2D eigenvalue weighted by atomic mass is 79.9. The number of hydrogen-bond donors (Lipinski definition) is 0. The summed E-state index contributed by atoms with van der Waals surface area (Å²) in [5.41, 5.74) is 1.57. The Morgan fingerprint density at radius 2 is 2.05 bits per heavy atom. The molecule has 0 atom stereocenters. The molecule has 4 nitrogen and oxygen atoms in total. The van der Waals surface area contributed by atoms with E-state index >= 15 is 0 Å². The van der Waals surface area contributed by atoms with Crippen molar-refractivity contribution in [2.45, 2.75) is 12.3 Å². The normalized spacial score (nSPS) is 10.3. The van der Waals surface area contributed by atoms with Crippen molar-refractivity contribution in [3.8, 4) is 11.5 Å². The molecule has 2 aromatic carbocycles. The van der Waals surface area contributed by atoms with Crippen molar-refractivity contribution < 1.29 is 9.66 Å². The molecule has 0 unspecified atom stereocenters. The molecule has 0 saturated heterocycles. The predicted octanol–water partition coefficient (Wildman–Crippen LogP) is 5.24. The maximum Gasteiger partial charge on any atom is 0.273 e. The number of nitrogens with zero attached hydrogens (tertiary/aromatic N) is 1. The molecule has 20 heavy (non-hydrogen) atoms. The molecule has 0 N–H and O–H groups in total. The third-order valence-electron chi connectivity index (χ3n) is 2.77. The summed E-state index contributed by atoms with van der Waals surface area (Å²) in [4.78, 5) is 10.5. The Hall–Kier alpha value is -1.59. The molecule has 104 valence electrons. The maximum atomic E-state index is 10.9. The molecule has 0 fully saturated rings. The van der Waals surface area contributed by atoms with E-state index < -0.39 is 4.92 Å². The van der Waals surface area contributed by atoms with E-state index in [1.54, 1.807) is 24.3 Å². The van der Waals surface area contributed by atoms with Gasteiger partial charge >= 0.3 is 0 Å². The molecule has 2 aromatic rings. The minimum absolute atomic E-state index is 0.0667. The number of alkyl halides is 1. The van der Waals surface area contributed by atoms with Gasteiger partial charge in [0.2, 0.25) is 0 Å². The Bertz CT molecular complexity index is 661. The van der Waals surface area contributed by atoms with Crippen LogP contribution in [0.5, 0.6) is 11.5 Å². The first kappa shape index (κ1) is 14.8. The summed E-state index contributed by atoms with van der Waals surface area (Å²) in [5.74, 6) is 1.17. The number of halogens is 2. The van der Waals surface area contributed by atoms with Crippen LogP contribution in [0.4, 0.5) is 5.69 Å². The number of aryl methyl sites for hydroxylation is 1. The Morgan fingerprint density at radius 3 is 2.70 bits per heavy atom. The van der Waals surface area contributed by atoms with E-state index in [9.17, 15) is 10.1 Å². The summed E-state index contributed by atoms with van der Waals surface area (Å²) in [5, 5.41) is 11.8. The molecule has 0 radical (unpaired) electrons. The van der Waals surface area contributed by atoms with Gasteiger partial charge in [-0.05, 0) is 36.8 Å². The summed E-state index contributed by atoms with van der Waals surface area (Å²) < 4.78 is 5.74. The zero-order valence-corrected chi connectivity index (χ0v) is 12.9. The highest BCUT2D eigenvalue weighted by molar-refractivity contribution is 9.08. The van der Waals surface area contributed by atoms with Crippen LogP contribution in [0, 0.1) is 17.0 Å². The SMILES string of the molecule is Cc1ccc(Cl)cc1Oc1ccc([N+](=O)[O-])c(CBr)c1. The van der Waals surface area contributed by atoms with E-state index in [-0.39, 0.29) is 5.69 Å². The van der Waals surface area contributed by atoms with Crippen LogP contribution in [-0.4, -0.2) is 4.92 Å². The zero-order valence-electron chi connectivity index (χ0n) is 10.6. The fraction of sp³-hybridized carbons (Fsp3) is 0.143. The third kappa shape index (κ3) is 3.29. The number of benzene rings is 2. The summed E-state index contributed by atoms with van der Waals surface area (Å²) in [6.45, 7) is 1.91. The lowest BCUT2D eigenvalue weighted by Crippen LogP contribution is -1.95. The highest BCUT2D eigenvalue weighted by Gasteiger charge is 2.14. The van der Waals surface area contributed by atoms with Crippen molar-refractivity contribution in [1.29, 1.82) is 0 Å². The number of rotatable bonds is 4. The Labute approximate surface area is 129 Å². The van der Waals surface area contributed by atoms with Crippen LogP contribution in [0.25, 0.3) is 0 Å². The van der Waals surface area contributed by atoms with Gasteiger partial charge in [0.05, 0.1) is 4.92 Å². The van der Waals surface area contributed by atoms with E-state index in [0.717, 1.165) is 5.56 Å². The van der Waals surface area contributed by atoms with Crippen molar-refractivity contribution in [2.75, 3.05) is 0 Å². The van der Waals surface area contributed by atoms with Crippen LogP contribution in [-0.2, 0) is 5.33 Å². The van der Waals surface area contributed by atoms with E-state index in [0.29, 0.717) is 27.4 Å². The molecule has 0 spiro atoms. The van der Waals surface area contributed by atoms with Crippen LogP contribution in [0.1, 0.15) is 11.1 Å². The molecular formula is C14H11BrClNO3. The second-order valence-electron chi connectivity index (χ2n) is 4.19. The fourth-order valence-corrected chi connectivity index (χ4v) is 2.33. The van der Waals surface area contributed by atoms with Crippen LogP contribution in [0.2, 0.25) is 5.02 Å². The van der Waals surface area contributed by atoms with Gasteiger partial charge in [-0.3, -0.25) is 10.1 Å². The Balaban J connectivity index is 2.34. The van der Waals surface area contributed by atoms with Crippen LogP contribution in [0.15, 0.2) is 36.4 Å². The number of nitro benzene ring substituents is 1. The van der Waals surface area contributed by atoms with Gasteiger partial charge in [0.1, 0.15) is 11.5 Å². The molecule has 0 amide bonds. The van der Waals surface area contributed by atoms with Gasteiger partial charge in [-0.25, -0.2) is 0 Å². The van der Waals surface area contributed by atoms with Gasteiger partial charge in [0.25, 0.3) is 5.69 Å². The van der Waals surface area contributed by atoms with Gasteiger partial charge in [-0.1, -0.05) is 33.6 Å². The fourth-order valence-electron chi connectivity index (χ4n) is 1.72. The largest absolute Gasteiger partial charge is 0.457 e. The zero-order chi connectivity index (χ0) is 14.7. The van der Waals surface area contributed by atoms with Gasteiger partial charge in [-0.2, -0.15) is 0 Å².